The summed E-state index contributed by atoms with van der Waals surface area (Å²) in [4.78, 5) is 14.7. The number of hydrogen-bond acceptors (Lipinski definition) is 7. The Balaban J connectivity index is 1.89. The zero-order valence-electron chi connectivity index (χ0n) is 18.5. The number of carbonyl (C=O) groups excluding carboxylic acids is 1. The number of sulfonamides is 1. The Kier molecular flexibility index (Phi) is 8.76. The van der Waals surface area contributed by atoms with Crippen LogP contribution in [0, 0.1) is 0 Å². The van der Waals surface area contributed by atoms with Gasteiger partial charge in [-0.2, -0.15) is 8.42 Å². The van der Waals surface area contributed by atoms with E-state index in [4.69, 9.17) is 9.47 Å². The first-order valence-corrected chi connectivity index (χ1v) is 13.5. The van der Waals surface area contributed by atoms with Crippen LogP contribution in [0.4, 0.5) is 0 Å². The summed E-state index contributed by atoms with van der Waals surface area (Å²) in [5.74, 6) is 0.869. The summed E-state index contributed by atoms with van der Waals surface area (Å²) >= 11 is 2.10. The van der Waals surface area contributed by atoms with Crippen molar-refractivity contribution in [3.05, 3.63) is 58.8 Å². The van der Waals surface area contributed by atoms with Gasteiger partial charge in [-0.3, -0.25) is 9.69 Å². The highest BCUT2D eigenvalue weighted by molar-refractivity contribution is 8.19. The number of thioether (sulfide) groups is 1. The monoisotopic (exact) mass is 506 g/mol. The minimum atomic E-state index is -3.91. The van der Waals surface area contributed by atoms with Gasteiger partial charge in [0.25, 0.3) is 15.9 Å². The molecule has 176 valence electrons. The molecule has 0 unspecified atom stereocenters. The summed E-state index contributed by atoms with van der Waals surface area (Å²) in [6, 6.07) is 8.53. The van der Waals surface area contributed by atoms with Gasteiger partial charge >= 0.3 is 0 Å². The smallest absolute Gasteiger partial charge is 0.294 e. The van der Waals surface area contributed by atoms with E-state index in [-0.39, 0.29) is 21.8 Å². The molecule has 0 radical (unpaired) electrons. The first-order chi connectivity index (χ1) is 15.9. The van der Waals surface area contributed by atoms with Crippen molar-refractivity contribution in [2.24, 2.45) is 4.40 Å². The average Bonchev–Trinajstić information content (AvgIpc) is 3.43. The maximum atomic E-state index is 13.0. The fourth-order valence-electron chi connectivity index (χ4n) is 3.01. The molecule has 0 bridgehead atoms. The molecule has 7 nitrogen and oxygen atoms in total. The van der Waals surface area contributed by atoms with Crippen LogP contribution in [0.15, 0.2) is 61.9 Å². The molecule has 2 heterocycles. The minimum Gasteiger partial charge on any atom is -0.493 e. The van der Waals surface area contributed by atoms with Crippen LogP contribution in [0.3, 0.4) is 0 Å². The van der Waals surface area contributed by atoms with Crippen molar-refractivity contribution < 1.29 is 22.7 Å². The number of thiophene rings is 1. The largest absolute Gasteiger partial charge is 0.493 e. The van der Waals surface area contributed by atoms with Crippen molar-refractivity contribution in [3.63, 3.8) is 0 Å². The minimum absolute atomic E-state index is 0.101. The average molecular weight is 507 g/mol. The van der Waals surface area contributed by atoms with E-state index >= 15 is 0 Å². The number of hydrogen-bond donors (Lipinski definition) is 0. The molecule has 0 atom stereocenters. The third-order valence-corrected chi connectivity index (χ3v) is 8.40. The highest BCUT2D eigenvalue weighted by atomic mass is 32.2. The SMILES string of the molecule is C=CCN1C(=O)/C(=C/c2ccc(OC)c(OCCCCC)c2)S/C1=N/S(=O)(=O)c1cccs1. The predicted octanol–water partition coefficient (Wildman–Crippen LogP) is 5.17. The Bertz CT molecular complexity index is 1150. The number of amidine groups is 1. The van der Waals surface area contributed by atoms with E-state index in [1.807, 2.05) is 6.07 Å². The first kappa shape index (κ1) is 25.1. The highest BCUT2D eigenvalue weighted by Crippen LogP contribution is 2.36. The van der Waals surface area contributed by atoms with E-state index in [0.717, 1.165) is 47.9 Å². The second-order valence-corrected chi connectivity index (χ2v) is 10.8. The van der Waals surface area contributed by atoms with Crippen molar-refractivity contribution in [1.82, 2.24) is 4.90 Å². The molecule has 1 aromatic carbocycles. The molecule has 1 saturated heterocycles. The summed E-state index contributed by atoms with van der Waals surface area (Å²) < 4.78 is 40.6. The van der Waals surface area contributed by atoms with E-state index < -0.39 is 10.0 Å². The number of benzene rings is 1. The lowest BCUT2D eigenvalue weighted by Crippen LogP contribution is -2.29. The van der Waals surface area contributed by atoms with Crippen molar-refractivity contribution in [1.29, 1.82) is 0 Å². The molecule has 1 aromatic heterocycles. The second kappa shape index (κ2) is 11.5. The normalized spacial score (nSPS) is 16.5. The Labute approximate surface area is 202 Å². The van der Waals surface area contributed by atoms with Crippen LogP contribution in [0.1, 0.15) is 31.7 Å². The number of unbranched alkanes of at least 4 members (excludes halogenated alkanes) is 2. The zero-order chi connectivity index (χ0) is 23.8. The van der Waals surface area contributed by atoms with Crippen molar-refractivity contribution >= 4 is 50.3 Å². The fraction of sp³-hybridized carbons (Fsp3) is 0.304. The molecule has 1 fully saturated rings. The molecule has 10 heteroatoms. The van der Waals surface area contributed by atoms with Gasteiger partial charge in [-0.1, -0.05) is 38.0 Å². The predicted molar refractivity (Wildman–Crippen MR) is 134 cm³/mol. The van der Waals surface area contributed by atoms with E-state index in [1.54, 1.807) is 36.8 Å². The van der Waals surface area contributed by atoms with Crippen molar-refractivity contribution in [3.8, 4) is 11.5 Å². The maximum Gasteiger partial charge on any atom is 0.294 e. The Morgan fingerprint density at radius 3 is 2.70 bits per heavy atom. The highest BCUT2D eigenvalue weighted by Gasteiger charge is 2.34. The molecule has 1 aliphatic heterocycles. The summed E-state index contributed by atoms with van der Waals surface area (Å²) in [5.41, 5.74) is 0.734. The topological polar surface area (TPSA) is 85.3 Å². The summed E-state index contributed by atoms with van der Waals surface area (Å²) in [6.07, 6.45) is 6.34. The van der Waals surface area contributed by atoms with E-state index in [9.17, 15) is 13.2 Å². The van der Waals surface area contributed by atoms with Crippen LogP contribution in [-0.4, -0.2) is 44.7 Å². The second-order valence-electron chi connectivity index (χ2n) is 7.06. The molecule has 0 saturated carbocycles. The lowest BCUT2D eigenvalue weighted by molar-refractivity contribution is -0.121. The van der Waals surface area contributed by atoms with Gasteiger partial charge in [0.2, 0.25) is 0 Å². The van der Waals surface area contributed by atoms with Gasteiger partial charge in [-0.15, -0.1) is 22.3 Å². The van der Waals surface area contributed by atoms with E-state index in [2.05, 4.69) is 17.9 Å². The van der Waals surface area contributed by atoms with Crippen molar-refractivity contribution in [2.45, 2.75) is 30.4 Å². The Morgan fingerprint density at radius 1 is 1.21 bits per heavy atom. The van der Waals surface area contributed by atoms with Crippen LogP contribution >= 0.6 is 23.1 Å². The maximum absolute atomic E-state index is 13.0. The molecule has 0 aliphatic carbocycles. The van der Waals surface area contributed by atoms with Crippen LogP contribution in [0.25, 0.3) is 6.08 Å². The van der Waals surface area contributed by atoms with Gasteiger partial charge in [0.1, 0.15) is 4.21 Å². The van der Waals surface area contributed by atoms with E-state index in [0.29, 0.717) is 23.0 Å². The van der Waals surface area contributed by atoms with Crippen molar-refractivity contribution in [2.75, 3.05) is 20.3 Å². The molecular weight excluding hydrogens is 480 g/mol. The van der Waals surface area contributed by atoms with Crippen LogP contribution in [0.5, 0.6) is 11.5 Å². The third kappa shape index (κ3) is 6.27. The molecule has 2 aromatic rings. The lowest BCUT2D eigenvalue weighted by Gasteiger charge is -2.12. The molecular formula is C23H26N2O5S3. The molecule has 0 N–H and O–H groups in total. The van der Waals surface area contributed by atoms with Gasteiger partial charge < -0.3 is 9.47 Å². The van der Waals surface area contributed by atoms with Gasteiger partial charge in [0, 0.05) is 6.54 Å². The summed E-state index contributed by atoms with van der Waals surface area (Å²) in [7, 11) is -2.33. The molecule has 33 heavy (non-hydrogen) atoms. The molecule has 3 rings (SSSR count). The molecule has 0 spiro atoms. The van der Waals surface area contributed by atoms with Crippen LogP contribution in [0.2, 0.25) is 0 Å². The fourth-order valence-corrected chi connectivity index (χ4v) is 6.16. The first-order valence-electron chi connectivity index (χ1n) is 10.4. The number of ether oxygens (including phenoxy) is 2. The lowest BCUT2D eigenvalue weighted by atomic mass is 10.2. The van der Waals surface area contributed by atoms with Gasteiger partial charge in [-0.05, 0) is 53.4 Å². The molecule has 1 amide bonds. The van der Waals surface area contributed by atoms with E-state index in [1.165, 1.54) is 17.0 Å². The third-order valence-electron chi connectivity index (χ3n) is 4.64. The number of carbonyl (C=O) groups is 1. The van der Waals surface area contributed by atoms with Gasteiger partial charge in [-0.25, -0.2) is 0 Å². The Hall–Kier alpha value is -2.56. The van der Waals surface area contributed by atoms with Crippen LogP contribution in [-0.2, 0) is 14.8 Å². The summed E-state index contributed by atoms with van der Waals surface area (Å²) in [6.45, 7) is 6.51. The van der Waals surface area contributed by atoms with Gasteiger partial charge in [0.15, 0.2) is 16.7 Å². The zero-order valence-corrected chi connectivity index (χ0v) is 21.0. The number of rotatable bonds is 11. The summed E-state index contributed by atoms with van der Waals surface area (Å²) in [5, 5.41) is 1.77. The quantitative estimate of drug-likeness (QED) is 0.237. The standard InChI is InChI=1S/C23H26N2O5S3/c1-4-6-7-13-30-19-15-17(10-11-18(19)29-3)16-20-22(26)25(12-5-2)23(32-20)24-33(27,28)21-9-8-14-31-21/h5,8-11,14-16H,2,4,6-7,12-13H2,1,3H3/b20-16-,24-23+. The number of nitrogens with zero attached hydrogens (tertiary/aromatic N) is 2. The van der Waals surface area contributed by atoms with Gasteiger partial charge in [0.05, 0.1) is 18.6 Å². The number of amides is 1. The van der Waals surface area contributed by atoms with Crippen LogP contribution < -0.4 is 9.47 Å². The Morgan fingerprint density at radius 2 is 2.03 bits per heavy atom. The molecule has 1 aliphatic rings. The number of methoxy groups -OCH3 is 1.